The molecule has 0 saturated carbocycles. The number of fused-ring (bicyclic) bond motifs is 1. The summed E-state index contributed by atoms with van der Waals surface area (Å²) < 4.78 is 5.56. The van der Waals surface area contributed by atoms with Crippen molar-refractivity contribution < 1.29 is 9.53 Å². The van der Waals surface area contributed by atoms with Gasteiger partial charge in [-0.05, 0) is 46.4 Å². The molecule has 2 aromatic carbocycles. The molecule has 0 radical (unpaired) electrons. The van der Waals surface area contributed by atoms with Crippen LogP contribution in [0, 0.1) is 0 Å². The molecule has 0 aliphatic carbocycles. The molecule has 1 atom stereocenters. The first-order valence-corrected chi connectivity index (χ1v) is 9.88. The number of carbonyl (C=O) groups excluding carboxylic acids is 1. The van der Waals surface area contributed by atoms with Crippen molar-refractivity contribution in [3.63, 3.8) is 0 Å². The van der Waals surface area contributed by atoms with Gasteiger partial charge in [-0.25, -0.2) is 4.79 Å². The highest BCUT2D eigenvalue weighted by molar-refractivity contribution is 8.22. The lowest BCUT2D eigenvalue weighted by atomic mass is 10.1. The van der Waals surface area contributed by atoms with Gasteiger partial charge in [-0.15, -0.1) is 23.5 Å². The van der Waals surface area contributed by atoms with E-state index in [1.807, 2.05) is 30.4 Å². The van der Waals surface area contributed by atoms with Gasteiger partial charge in [0.1, 0.15) is 0 Å². The Morgan fingerprint density at radius 1 is 1.21 bits per heavy atom. The van der Waals surface area contributed by atoms with Crippen molar-refractivity contribution in [2.45, 2.75) is 24.3 Å². The number of hydrogen-bond donors (Lipinski definition) is 0. The van der Waals surface area contributed by atoms with E-state index in [1.54, 1.807) is 6.08 Å². The Morgan fingerprint density at radius 2 is 2.04 bits per heavy atom. The lowest BCUT2D eigenvalue weighted by molar-refractivity contribution is -0.137. The van der Waals surface area contributed by atoms with Gasteiger partial charge < -0.3 is 4.74 Å². The van der Waals surface area contributed by atoms with E-state index >= 15 is 0 Å². The van der Waals surface area contributed by atoms with E-state index < -0.39 is 0 Å². The predicted molar refractivity (Wildman–Crippen MR) is 105 cm³/mol. The third kappa shape index (κ3) is 4.25. The Bertz CT molecular complexity index is 775. The molecule has 124 valence electrons. The van der Waals surface area contributed by atoms with Gasteiger partial charge in [0.25, 0.3) is 0 Å². The summed E-state index contributed by atoms with van der Waals surface area (Å²) in [5.74, 6) is -0.256. The molecule has 0 N–H and O–H groups in total. The zero-order valence-electron chi connectivity index (χ0n) is 13.6. The van der Waals surface area contributed by atoms with Crippen LogP contribution in [0.25, 0.3) is 10.8 Å². The van der Waals surface area contributed by atoms with E-state index in [2.05, 4.69) is 47.9 Å². The van der Waals surface area contributed by atoms with Crippen LogP contribution in [-0.4, -0.2) is 12.6 Å². The van der Waals surface area contributed by atoms with E-state index in [1.165, 1.54) is 27.3 Å². The molecule has 0 saturated heterocycles. The summed E-state index contributed by atoms with van der Waals surface area (Å²) in [6.45, 7) is 2.29. The highest BCUT2D eigenvalue weighted by Gasteiger charge is 2.21. The minimum Gasteiger partial charge on any atom is -0.463 e. The molecule has 0 spiro atoms. The normalized spacial score (nSPS) is 17.4. The van der Waals surface area contributed by atoms with Crippen molar-refractivity contribution in [1.29, 1.82) is 0 Å². The largest absolute Gasteiger partial charge is 0.463 e. The van der Waals surface area contributed by atoms with Crippen molar-refractivity contribution in [2.24, 2.45) is 0 Å². The van der Waals surface area contributed by atoms with Crippen molar-refractivity contribution in [3.05, 3.63) is 70.5 Å². The molecule has 2 nitrogen and oxygen atoms in total. The van der Waals surface area contributed by atoms with Crippen LogP contribution in [0.2, 0.25) is 0 Å². The van der Waals surface area contributed by atoms with Crippen LogP contribution < -0.4 is 0 Å². The first-order chi connectivity index (χ1) is 11.8. The maximum absolute atomic E-state index is 11.3. The number of rotatable bonds is 6. The first-order valence-electron chi connectivity index (χ1n) is 8.06. The van der Waals surface area contributed by atoms with Crippen LogP contribution in [0.5, 0.6) is 0 Å². The van der Waals surface area contributed by atoms with Crippen molar-refractivity contribution in [2.75, 3.05) is 6.61 Å². The highest BCUT2D eigenvalue weighted by Crippen LogP contribution is 2.53. The Kier molecular flexibility index (Phi) is 6.05. The number of ether oxygens (including phenoxy) is 1. The zero-order chi connectivity index (χ0) is 16.8. The molecular formula is C20H20O2S2. The molecule has 1 aliphatic rings. The SMILES string of the molecule is CC=CC(=O)OCCCC1=CSC(c2cccc3ccccc23)S1. The molecule has 1 aliphatic heterocycles. The topological polar surface area (TPSA) is 26.3 Å². The molecule has 4 heteroatoms. The van der Waals surface area contributed by atoms with Gasteiger partial charge in [0.05, 0.1) is 11.2 Å². The second-order valence-corrected chi connectivity index (χ2v) is 8.02. The molecule has 1 heterocycles. The van der Waals surface area contributed by atoms with Crippen LogP contribution in [-0.2, 0) is 9.53 Å². The number of benzene rings is 2. The highest BCUT2D eigenvalue weighted by atomic mass is 32.2. The summed E-state index contributed by atoms with van der Waals surface area (Å²) in [5.41, 5.74) is 1.38. The monoisotopic (exact) mass is 356 g/mol. The van der Waals surface area contributed by atoms with Crippen LogP contribution in [0.15, 0.2) is 64.9 Å². The zero-order valence-corrected chi connectivity index (χ0v) is 15.2. The molecule has 0 bridgehead atoms. The number of hydrogen-bond acceptors (Lipinski definition) is 4. The molecule has 0 aromatic heterocycles. The van der Waals surface area contributed by atoms with Crippen LogP contribution in [0.3, 0.4) is 0 Å². The van der Waals surface area contributed by atoms with E-state index in [4.69, 9.17) is 4.74 Å². The van der Waals surface area contributed by atoms with Gasteiger partial charge in [-0.2, -0.15) is 0 Å². The maximum atomic E-state index is 11.3. The van der Waals surface area contributed by atoms with Gasteiger partial charge in [0, 0.05) is 6.08 Å². The Morgan fingerprint density at radius 3 is 2.92 bits per heavy atom. The minimum atomic E-state index is -0.256. The van der Waals surface area contributed by atoms with Gasteiger partial charge in [-0.1, -0.05) is 48.5 Å². The minimum absolute atomic E-state index is 0.256. The van der Waals surface area contributed by atoms with E-state index in [0.717, 1.165) is 12.8 Å². The summed E-state index contributed by atoms with van der Waals surface area (Å²) in [5, 5.41) is 4.88. The van der Waals surface area contributed by atoms with Crippen molar-refractivity contribution in [1.82, 2.24) is 0 Å². The van der Waals surface area contributed by atoms with Crippen molar-refractivity contribution >= 4 is 40.3 Å². The van der Waals surface area contributed by atoms with Gasteiger partial charge in [0.15, 0.2) is 0 Å². The third-order valence-electron chi connectivity index (χ3n) is 3.77. The second-order valence-electron chi connectivity index (χ2n) is 5.51. The molecule has 2 aromatic rings. The number of allylic oxidation sites excluding steroid dienone is 2. The van der Waals surface area contributed by atoms with E-state index in [9.17, 15) is 4.79 Å². The predicted octanol–water partition coefficient (Wildman–Crippen LogP) is 6.06. The molecule has 1 unspecified atom stereocenters. The maximum Gasteiger partial charge on any atom is 0.330 e. The smallest absolute Gasteiger partial charge is 0.330 e. The first kappa shape index (κ1) is 17.2. The summed E-state index contributed by atoms with van der Waals surface area (Å²) in [6, 6.07) is 15.1. The fourth-order valence-electron chi connectivity index (χ4n) is 2.64. The molecule has 0 amide bonds. The van der Waals surface area contributed by atoms with Gasteiger partial charge in [0.2, 0.25) is 0 Å². The molecule has 24 heavy (non-hydrogen) atoms. The average molecular weight is 357 g/mol. The Labute approximate surface area is 151 Å². The van der Waals surface area contributed by atoms with Gasteiger partial charge >= 0.3 is 5.97 Å². The van der Waals surface area contributed by atoms with Crippen LogP contribution in [0.1, 0.15) is 29.9 Å². The Balaban J connectivity index is 1.54. The van der Waals surface area contributed by atoms with Gasteiger partial charge in [-0.3, -0.25) is 0 Å². The van der Waals surface area contributed by atoms with E-state index in [-0.39, 0.29) is 5.97 Å². The summed E-state index contributed by atoms with van der Waals surface area (Å²) in [4.78, 5) is 12.6. The standard InChI is InChI=1S/C20H20O2S2/c1-2-7-19(21)22-13-6-10-16-14-23-20(24-16)18-12-5-9-15-8-3-4-11-17(15)18/h2-5,7-9,11-12,14,20H,6,10,13H2,1H3. The number of esters is 1. The van der Waals surface area contributed by atoms with Crippen LogP contribution >= 0.6 is 23.5 Å². The summed E-state index contributed by atoms with van der Waals surface area (Å²) in [7, 11) is 0. The van der Waals surface area contributed by atoms with Crippen LogP contribution in [0.4, 0.5) is 0 Å². The number of carbonyl (C=O) groups is 1. The third-order valence-corrected chi connectivity index (χ3v) is 6.56. The average Bonchev–Trinajstić information content (AvgIpc) is 3.07. The molecule has 3 rings (SSSR count). The lowest BCUT2D eigenvalue weighted by Gasteiger charge is -2.13. The fraction of sp³-hybridized carbons (Fsp3) is 0.250. The molecular weight excluding hydrogens is 336 g/mol. The quantitative estimate of drug-likeness (QED) is 0.357. The van der Waals surface area contributed by atoms with E-state index in [0.29, 0.717) is 11.2 Å². The number of thioether (sulfide) groups is 2. The second kappa shape index (κ2) is 8.45. The summed E-state index contributed by atoms with van der Waals surface area (Å²) >= 11 is 3.79. The fourth-order valence-corrected chi connectivity index (χ4v) is 5.41. The summed E-state index contributed by atoms with van der Waals surface area (Å²) in [6.07, 6.45) is 4.98. The molecule has 0 fully saturated rings. The lowest BCUT2D eigenvalue weighted by Crippen LogP contribution is -2.02. The van der Waals surface area contributed by atoms with Crippen molar-refractivity contribution in [3.8, 4) is 0 Å². The Hall–Kier alpha value is -1.65.